The Bertz CT molecular complexity index is 974. The predicted octanol–water partition coefficient (Wildman–Crippen LogP) is 4.00. The van der Waals surface area contributed by atoms with Gasteiger partial charge in [-0.1, -0.05) is 36.4 Å². The molecular weight excluding hydrogens is 362 g/mol. The second kappa shape index (κ2) is 8.53. The first-order valence-electron chi connectivity index (χ1n) is 10.1. The highest BCUT2D eigenvalue weighted by Gasteiger charge is 2.17. The molecule has 1 saturated heterocycles. The summed E-state index contributed by atoms with van der Waals surface area (Å²) in [6.07, 6.45) is -0.599. The first kappa shape index (κ1) is 19.3. The van der Waals surface area contributed by atoms with Gasteiger partial charge in [0.1, 0.15) is 5.75 Å². The van der Waals surface area contributed by atoms with Crippen molar-refractivity contribution in [3.8, 4) is 5.75 Å². The van der Waals surface area contributed by atoms with Crippen LogP contribution >= 0.6 is 0 Å². The molecule has 0 spiro atoms. The van der Waals surface area contributed by atoms with E-state index in [1.807, 2.05) is 54.6 Å². The van der Waals surface area contributed by atoms with E-state index >= 15 is 0 Å². The number of hydrogen-bond acceptors (Lipinski definition) is 4. The monoisotopic (exact) mass is 389 g/mol. The van der Waals surface area contributed by atoms with Crippen LogP contribution in [0.3, 0.4) is 0 Å². The number of carbonyl (C=O) groups is 1. The average Bonchev–Trinajstić information content (AvgIpc) is 2.75. The second-order valence-electron chi connectivity index (χ2n) is 7.56. The zero-order valence-corrected chi connectivity index (χ0v) is 17.0. The highest BCUT2D eigenvalue weighted by atomic mass is 16.5. The molecule has 1 heterocycles. The molecule has 1 aliphatic heterocycles. The molecule has 1 aliphatic rings. The maximum atomic E-state index is 12.6. The van der Waals surface area contributed by atoms with Crippen LogP contribution in [0.2, 0.25) is 0 Å². The summed E-state index contributed by atoms with van der Waals surface area (Å²) in [5.74, 6) is 0.557. The van der Waals surface area contributed by atoms with Gasteiger partial charge in [0.15, 0.2) is 6.10 Å². The molecule has 3 aromatic carbocycles. The SMILES string of the molecule is CC(Oc1cccc2ccccc12)C(=O)Nc1ccc(N2CCN(C)CC2)cc1. The van der Waals surface area contributed by atoms with Crippen molar-refractivity contribution in [3.63, 3.8) is 0 Å². The van der Waals surface area contributed by atoms with Gasteiger partial charge < -0.3 is 19.9 Å². The average molecular weight is 389 g/mol. The smallest absolute Gasteiger partial charge is 0.265 e. The number of carbonyl (C=O) groups excluding carboxylic acids is 1. The third-order valence-electron chi connectivity index (χ3n) is 5.43. The Kier molecular flexibility index (Phi) is 5.67. The van der Waals surface area contributed by atoms with Crippen LogP contribution in [0.25, 0.3) is 10.8 Å². The normalized spacial score (nSPS) is 15.9. The van der Waals surface area contributed by atoms with Gasteiger partial charge in [-0.2, -0.15) is 0 Å². The van der Waals surface area contributed by atoms with Crippen LogP contribution in [0.5, 0.6) is 5.75 Å². The zero-order chi connectivity index (χ0) is 20.2. The number of nitrogens with one attached hydrogen (secondary N) is 1. The van der Waals surface area contributed by atoms with Gasteiger partial charge in [0.05, 0.1) is 0 Å². The van der Waals surface area contributed by atoms with E-state index in [9.17, 15) is 4.79 Å². The van der Waals surface area contributed by atoms with Crippen LogP contribution in [-0.4, -0.2) is 50.1 Å². The molecule has 0 bridgehead atoms. The number of rotatable bonds is 5. The molecule has 1 fully saturated rings. The second-order valence-corrected chi connectivity index (χ2v) is 7.56. The van der Waals surface area contributed by atoms with Gasteiger partial charge in [-0.25, -0.2) is 0 Å². The fourth-order valence-electron chi connectivity index (χ4n) is 3.61. The summed E-state index contributed by atoms with van der Waals surface area (Å²) in [5.41, 5.74) is 1.97. The van der Waals surface area contributed by atoms with Crippen molar-refractivity contribution in [1.82, 2.24) is 4.90 Å². The summed E-state index contributed by atoms with van der Waals surface area (Å²) in [6.45, 7) is 5.97. The van der Waals surface area contributed by atoms with Crippen LogP contribution in [0.4, 0.5) is 11.4 Å². The minimum atomic E-state index is -0.599. The zero-order valence-electron chi connectivity index (χ0n) is 17.0. The van der Waals surface area contributed by atoms with Crippen LogP contribution < -0.4 is 15.0 Å². The van der Waals surface area contributed by atoms with E-state index < -0.39 is 6.10 Å². The number of hydrogen-bond donors (Lipinski definition) is 1. The van der Waals surface area contributed by atoms with Crippen LogP contribution in [0.1, 0.15) is 6.92 Å². The number of nitrogens with zero attached hydrogens (tertiary/aromatic N) is 2. The molecule has 1 unspecified atom stereocenters. The predicted molar refractivity (Wildman–Crippen MR) is 119 cm³/mol. The lowest BCUT2D eigenvalue weighted by molar-refractivity contribution is -0.122. The summed E-state index contributed by atoms with van der Waals surface area (Å²) in [6, 6.07) is 21.9. The topological polar surface area (TPSA) is 44.8 Å². The highest BCUT2D eigenvalue weighted by Crippen LogP contribution is 2.26. The van der Waals surface area contributed by atoms with E-state index in [4.69, 9.17) is 4.74 Å². The minimum Gasteiger partial charge on any atom is -0.480 e. The van der Waals surface area contributed by atoms with Gasteiger partial charge in [-0.05, 0) is 49.7 Å². The van der Waals surface area contributed by atoms with Gasteiger partial charge in [0.25, 0.3) is 5.91 Å². The standard InChI is InChI=1S/C24H27N3O2/c1-18(29-23-9-5-7-19-6-3-4-8-22(19)23)24(28)25-20-10-12-21(13-11-20)27-16-14-26(2)15-17-27/h3-13,18H,14-17H2,1-2H3,(H,25,28). The number of piperazine rings is 1. The van der Waals surface area contributed by atoms with Crippen molar-refractivity contribution in [1.29, 1.82) is 0 Å². The summed E-state index contributed by atoms with van der Waals surface area (Å²) < 4.78 is 5.97. The van der Waals surface area contributed by atoms with E-state index in [0.717, 1.165) is 48.4 Å². The molecular formula is C24H27N3O2. The van der Waals surface area contributed by atoms with Crippen molar-refractivity contribution >= 4 is 28.1 Å². The number of benzene rings is 3. The number of ether oxygens (including phenoxy) is 1. The highest BCUT2D eigenvalue weighted by molar-refractivity contribution is 5.95. The number of amides is 1. The van der Waals surface area contributed by atoms with Crippen molar-refractivity contribution in [3.05, 3.63) is 66.7 Å². The molecule has 5 nitrogen and oxygen atoms in total. The van der Waals surface area contributed by atoms with Gasteiger partial charge in [0, 0.05) is 42.9 Å². The molecule has 1 atom stereocenters. The van der Waals surface area contributed by atoms with Crippen molar-refractivity contribution < 1.29 is 9.53 Å². The van der Waals surface area contributed by atoms with Gasteiger partial charge in [-0.15, -0.1) is 0 Å². The summed E-state index contributed by atoms with van der Waals surface area (Å²) >= 11 is 0. The summed E-state index contributed by atoms with van der Waals surface area (Å²) in [5, 5.41) is 5.06. The Labute approximate surface area is 171 Å². The van der Waals surface area contributed by atoms with E-state index in [1.165, 1.54) is 5.69 Å². The third-order valence-corrected chi connectivity index (χ3v) is 5.43. The Hall–Kier alpha value is -3.05. The van der Waals surface area contributed by atoms with E-state index in [-0.39, 0.29) is 5.91 Å². The number of likely N-dealkylation sites (N-methyl/N-ethyl adjacent to an activating group) is 1. The molecule has 150 valence electrons. The molecule has 4 rings (SSSR count). The van der Waals surface area contributed by atoms with E-state index in [1.54, 1.807) is 6.92 Å². The molecule has 0 aromatic heterocycles. The first-order chi connectivity index (χ1) is 14.1. The van der Waals surface area contributed by atoms with Crippen molar-refractivity contribution in [2.45, 2.75) is 13.0 Å². The lowest BCUT2D eigenvalue weighted by Gasteiger charge is -2.34. The molecule has 1 N–H and O–H groups in total. The molecule has 5 heteroatoms. The van der Waals surface area contributed by atoms with Gasteiger partial charge in [-0.3, -0.25) is 4.79 Å². The molecule has 0 radical (unpaired) electrons. The molecule has 0 saturated carbocycles. The lowest BCUT2D eigenvalue weighted by Crippen LogP contribution is -2.44. The Balaban J connectivity index is 1.38. The molecule has 3 aromatic rings. The maximum absolute atomic E-state index is 12.6. The molecule has 0 aliphatic carbocycles. The largest absolute Gasteiger partial charge is 0.480 e. The van der Waals surface area contributed by atoms with Crippen LogP contribution in [0, 0.1) is 0 Å². The van der Waals surface area contributed by atoms with Crippen LogP contribution in [-0.2, 0) is 4.79 Å². The van der Waals surface area contributed by atoms with E-state index in [2.05, 4.69) is 34.3 Å². The summed E-state index contributed by atoms with van der Waals surface area (Å²) in [4.78, 5) is 17.3. The van der Waals surface area contributed by atoms with Crippen LogP contribution in [0.15, 0.2) is 66.7 Å². The summed E-state index contributed by atoms with van der Waals surface area (Å²) in [7, 11) is 2.15. The van der Waals surface area contributed by atoms with Crippen molar-refractivity contribution in [2.24, 2.45) is 0 Å². The van der Waals surface area contributed by atoms with Gasteiger partial charge >= 0.3 is 0 Å². The lowest BCUT2D eigenvalue weighted by atomic mass is 10.1. The fraction of sp³-hybridized carbons (Fsp3) is 0.292. The Morgan fingerprint density at radius 1 is 0.931 bits per heavy atom. The first-order valence-corrected chi connectivity index (χ1v) is 10.1. The Morgan fingerprint density at radius 3 is 2.38 bits per heavy atom. The van der Waals surface area contributed by atoms with E-state index in [0.29, 0.717) is 0 Å². The quantitative estimate of drug-likeness (QED) is 0.716. The van der Waals surface area contributed by atoms with Gasteiger partial charge in [0.2, 0.25) is 0 Å². The number of fused-ring (bicyclic) bond motifs is 1. The third kappa shape index (κ3) is 4.51. The maximum Gasteiger partial charge on any atom is 0.265 e. The molecule has 29 heavy (non-hydrogen) atoms. The molecule has 1 amide bonds. The Morgan fingerprint density at radius 2 is 1.62 bits per heavy atom. The van der Waals surface area contributed by atoms with Crippen molar-refractivity contribution in [2.75, 3.05) is 43.4 Å². The number of anilines is 2. The fourth-order valence-corrected chi connectivity index (χ4v) is 3.61. The minimum absolute atomic E-state index is 0.162.